The van der Waals surface area contributed by atoms with Crippen LogP contribution in [0.1, 0.15) is 46.5 Å². The molecule has 32 heavy (non-hydrogen) atoms. The van der Waals surface area contributed by atoms with E-state index in [-0.39, 0.29) is 11.7 Å². The van der Waals surface area contributed by atoms with Gasteiger partial charge in [-0.1, -0.05) is 11.8 Å². The number of furan rings is 1. The molecule has 0 aromatic carbocycles. The average Bonchev–Trinajstić information content (AvgIpc) is 3.55. The second kappa shape index (κ2) is 10.8. The average molecular weight is 474 g/mol. The molecule has 1 saturated heterocycles. The number of rotatable bonds is 10. The van der Waals surface area contributed by atoms with Crippen LogP contribution in [0, 0.1) is 0 Å². The highest BCUT2D eigenvalue weighted by Gasteiger charge is 2.22. The van der Waals surface area contributed by atoms with Gasteiger partial charge in [-0.2, -0.15) is 0 Å². The summed E-state index contributed by atoms with van der Waals surface area (Å²) in [5.41, 5.74) is 0. The molecule has 1 N–H and O–H groups in total. The van der Waals surface area contributed by atoms with Gasteiger partial charge in [-0.05, 0) is 49.9 Å². The molecule has 0 aliphatic carbocycles. The molecule has 1 fully saturated rings. The lowest BCUT2D eigenvalue weighted by atomic mass is 10.1. The van der Waals surface area contributed by atoms with Crippen molar-refractivity contribution in [3.05, 3.63) is 46.0 Å². The van der Waals surface area contributed by atoms with Gasteiger partial charge in [0.05, 0.1) is 23.4 Å². The fraction of sp³-hybridized carbons (Fsp3) is 0.455. The predicted octanol–water partition coefficient (Wildman–Crippen LogP) is 3.62. The van der Waals surface area contributed by atoms with E-state index in [9.17, 15) is 9.59 Å². The van der Waals surface area contributed by atoms with Gasteiger partial charge in [-0.3, -0.25) is 14.2 Å². The zero-order valence-corrected chi connectivity index (χ0v) is 19.7. The van der Waals surface area contributed by atoms with E-state index in [1.165, 1.54) is 36.4 Å². The van der Waals surface area contributed by atoms with Crippen molar-refractivity contribution < 1.29 is 14.0 Å². The number of ketones is 1. The maximum absolute atomic E-state index is 12.8. The fourth-order valence-corrected chi connectivity index (χ4v) is 5.49. The van der Waals surface area contributed by atoms with E-state index in [0.717, 1.165) is 59.0 Å². The minimum absolute atomic E-state index is 0.0446. The molecule has 0 atom stereocenters. The molecule has 0 unspecified atom stereocenters. The van der Waals surface area contributed by atoms with Crippen LogP contribution in [-0.4, -0.2) is 51.8 Å². The summed E-state index contributed by atoms with van der Waals surface area (Å²) in [5, 5.41) is 12.4. The van der Waals surface area contributed by atoms with E-state index < -0.39 is 0 Å². The van der Waals surface area contributed by atoms with Crippen LogP contribution in [0.5, 0.6) is 0 Å². The number of nitrogens with one attached hydrogen (secondary N) is 1. The third-order valence-electron chi connectivity index (χ3n) is 5.24. The number of amides is 1. The van der Waals surface area contributed by atoms with Gasteiger partial charge in [0.2, 0.25) is 11.9 Å². The van der Waals surface area contributed by atoms with Crippen LogP contribution in [0.15, 0.2) is 40.1 Å². The van der Waals surface area contributed by atoms with Crippen LogP contribution in [0.2, 0.25) is 0 Å². The molecule has 4 heterocycles. The molecule has 8 nitrogen and oxygen atoms in total. The number of hydrogen-bond donors (Lipinski definition) is 1. The summed E-state index contributed by atoms with van der Waals surface area (Å²) in [7, 11) is 0. The Morgan fingerprint density at radius 3 is 2.78 bits per heavy atom. The monoisotopic (exact) mass is 473 g/mol. The number of hydrogen-bond acceptors (Lipinski definition) is 8. The molecule has 0 spiro atoms. The zero-order valence-electron chi connectivity index (χ0n) is 18.1. The molecule has 3 aromatic rings. The SMILES string of the molecule is CC(=O)NCCc1ccc(C(=O)CSc2nnc(N3CCCCC3)n2Cc2ccco2)s1. The van der Waals surface area contributed by atoms with Gasteiger partial charge in [0.1, 0.15) is 5.76 Å². The Bertz CT molecular complexity index is 1040. The summed E-state index contributed by atoms with van der Waals surface area (Å²) in [6.07, 6.45) is 5.93. The summed E-state index contributed by atoms with van der Waals surface area (Å²) >= 11 is 2.89. The Morgan fingerprint density at radius 2 is 2.03 bits per heavy atom. The standard InChI is InChI=1S/C22H27N5O3S2/c1-16(28)23-10-9-18-7-8-20(32-18)19(29)15-31-22-25-24-21(26-11-3-2-4-12-26)27(22)14-17-6-5-13-30-17/h5-8,13H,2-4,9-12,14-15H2,1H3,(H,23,28). The molecular weight excluding hydrogens is 446 g/mol. The van der Waals surface area contributed by atoms with Crippen LogP contribution >= 0.6 is 23.1 Å². The van der Waals surface area contributed by atoms with Crippen molar-refractivity contribution in [1.82, 2.24) is 20.1 Å². The third kappa shape index (κ3) is 5.80. The summed E-state index contributed by atoms with van der Waals surface area (Å²) in [4.78, 5) is 27.9. The van der Waals surface area contributed by atoms with Gasteiger partial charge in [-0.15, -0.1) is 21.5 Å². The smallest absolute Gasteiger partial charge is 0.228 e. The first kappa shape index (κ1) is 22.6. The van der Waals surface area contributed by atoms with E-state index in [1.54, 1.807) is 6.26 Å². The van der Waals surface area contributed by atoms with Crippen molar-refractivity contribution in [2.75, 3.05) is 30.3 Å². The van der Waals surface area contributed by atoms with E-state index in [4.69, 9.17) is 4.42 Å². The van der Waals surface area contributed by atoms with Crippen molar-refractivity contribution in [3.8, 4) is 0 Å². The van der Waals surface area contributed by atoms with Crippen LogP contribution in [0.3, 0.4) is 0 Å². The van der Waals surface area contributed by atoms with Gasteiger partial charge >= 0.3 is 0 Å². The number of thioether (sulfide) groups is 1. The van der Waals surface area contributed by atoms with Crippen LogP contribution in [-0.2, 0) is 17.8 Å². The first-order chi connectivity index (χ1) is 15.6. The Balaban J connectivity index is 1.42. The number of nitrogens with zero attached hydrogens (tertiary/aromatic N) is 4. The van der Waals surface area contributed by atoms with Crippen molar-refractivity contribution >= 4 is 40.7 Å². The lowest BCUT2D eigenvalue weighted by Gasteiger charge is -2.27. The number of carbonyl (C=O) groups is 2. The summed E-state index contributed by atoms with van der Waals surface area (Å²) in [6, 6.07) is 7.63. The number of anilines is 1. The number of carbonyl (C=O) groups excluding carboxylic acids is 2. The van der Waals surface area contributed by atoms with Gasteiger partial charge in [0, 0.05) is 31.4 Å². The lowest BCUT2D eigenvalue weighted by Crippen LogP contribution is -2.32. The second-order valence-electron chi connectivity index (χ2n) is 7.71. The largest absolute Gasteiger partial charge is 0.467 e. The molecule has 0 saturated carbocycles. The quantitative estimate of drug-likeness (QED) is 0.355. The Kier molecular flexibility index (Phi) is 7.64. The second-order valence-corrected chi connectivity index (χ2v) is 9.82. The third-order valence-corrected chi connectivity index (χ3v) is 7.40. The topological polar surface area (TPSA) is 93.3 Å². The molecule has 4 rings (SSSR count). The zero-order chi connectivity index (χ0) is 22.3. The predicted molar refractivity (Wildman–Crippen MR) is 126 cm³/mol. The summed E-state index contributed by atoms with van der Waals surface area (Å²) < 4.78 is 7.60. The normalized spacial score (nSPS) is 14.0. The number of thiophene rings is 1. The van der Waals surface area contributed by atoms with E-state index >= 15 is 0 Å². The molecule has 1 aliphatic heterocycles. The molecular formula is C22H27N5O3S2. The highest BCUT2D eigenvalue weighted by atomic mass is 32.2. The minimum atomic E-state index is -0.0446. The van der Waals surface area contributed by atoms with E-state index in [1.807, 2.05) is 24.3 Å². The number of piperidine rings is 1. The summed E-state index contributed by atoms with van der Waals surface area (Å²) in [6.45, 7) is 4.55. The highest BCUT2D eigenvalue weighted by molar-refractivity contribution is 7.99. The Morgan fingerprint density at radius 1 is 1.19 bits per heavy atom. The van der Waals surface area contributed by atoms with Crippen molar-refractivity contribution in [3.63, 3.8) is 0 Å². The maximum atomic E-state index is 12.8. The summed E-state index contributed by atoms with van der Waals surface area (Å²) in [5.74, 6) is 1.99. The van der Waals surface area contributed by atoms with Crippen molar-refractivity contribution in [1.29, 1.82) is 0 Å². The molecule has 170 valence electrons. The molecule has 3 aromatic heterocycles. The molecule has 0 bridgehead atoms. The number of Topliss-reactive ketones (excluding diaryl/α,β-unsaturated/α-hetero) is 1. The Hall–Kier alpha value is -2.59. The van der Waals surface area contributed by atoms with Gasteiger partial charge < -0.3 is 14.6 Å². The minimum Gasteiger partial charge on any atom is -0.467 e. The number of aromatic nitrogens is 3. The van der Waals surface area contributed by atoms with Crippen LogP contribution < -0.4 is 10.2 Å². The fourth-order valence-electron chi connectivity index (χ4n) is 3.64. The van der Waals surface area contributed by atoms with E-state index in [0.29, 0.717) is 18.8 Å². The van der Waals surface area contributed by atoms with Gasteiger partial charge in [0.15, 0.2) is 10.9 Å². The lowest BCUT2D eigenvalue weighted by molar-refractivity contribution is -0.118. The van der Waals surface area contributed by atoms with Gasteiger partial charge in [0.25, 0.3) is 0 Å². The van der Waals surface area contributed by atoms with Crippen molar-refractivity contribution in [2.24, 2.45) is 0 Å². The Labute approximate surface area is 195 Å². The first-order valence-electron chi connectivity index (χ1n) is 10.8. The molecule has 1 aliphatic rings. The van der Waals surface area contributed by atoms with Gasteiger partial charge in [-0.25, -0.2) is 0 Å². The van der Waals surface area contributed by atoms with E-state index in [2.05, 4.69) is 25.0 Å². The molecule has 1 amide bonds. The van der Waals surface area contributed by atoms with Crippen LogP contribution in [0.4, 0.5) is 5.95 Å². The van der Waals surface area contributed by atoms with Crippen molar-refractivity contribution in [2.45, 2.75) is 44.3 Å². The highest BCUT2D eigenvalue weighted by Crippen LogP contribution is 2.27. The molecule has 0 radical (unpaired) electrons. The maximum Gasteiger partial charge on any atom is 0.228 e. The molecule has 10 heteroatoms. The van der Waals surface area contributed by atoms with Crippen LogP contribution in [0.25, 0.3) is 0 Å². The first-order valence-corrected chi connectivity index (χ1v) is 12.6.